The van der Waals surface area contributed by atoms with Gasteiger partial charge < -0.3 is 63.9 Å². The first-order chi connectivity index (χ1) is 23.7. The Kier molecular flexibility index (Phi) is 9.84. The molecule has 2 unspecified atom stereocenters. The van der Waals surface area contributed by atoms with E-state index in [1.54, 1.807) is 13.0 Å². The van der Waals surface area contributed by atoms with Crippen molar-refractivity contribution in [2.24, 2.45) is 28.6 Å². The number of ether oxygens (including phenoxy) is 6. The average molecular weight is 711 g/mol. The number of aldehydes is 1. The maximum Gasteiger partial charge on any atom is 0.331 e. The van der Waals surface area contributed by atoms with Gasteiger partial charge in [-0.1, -0.05) is 6.92 Å². The number of hydrogen-bond acceptors (Lipinski definition) is 14. The summed E-state index contributed by atoms with van der Waals surface area (Å²) in [6.45, 7) is 3.57. The van der Waals surface area contributed by atoms with Crippen LogP contribution in [-0.2, 0) is 38.0 Å². The number of rotatable bonds is 8. The highest BCUT2D eigenvalue weighted by Crippen LogP contribution is 2.70. The molecule has 50 heavy (non-hydrogen) atoms. The molecule has 0 spiro atoms. The second-order valence-electron chi connectivity index (χ2n) is 16.3. The number of cyclic esters (lactones) is 1. The molecule has 14 nitrogen and oxygen atoms in total. The van der Waals surface area contributed by atoms with Gasteiger partial charge in [-0.25, -0.2) is 4.79 Å². The van der Waals surface area contributed by atoms with E-state index in [1.807, 2.05) is 0 Å². The second kappa shape index (κ2) is 13.4. The summed E-state index contributed by atoms with van der Waals surface area (Å²) < 4.78 is 35.2. The lowest BCUT2D eigenvalue weighted by molar-refractivity contribution is -0.346. The Morgan fingerprint density at radius 3 is 2.40 bits per heavy atom. The van der Waals surface area contributed by atoms with E-state index in [-0.39, 0.29) is 43.2 Å². The van der Waals surface area contributed by atoms with Crippen LogP contribution in [0.15, 0.2) is 11.6 Å². The highest BCUT2D eigenvalue weighted by molar-refractivity contribution is 5.85. The first-order valence-corrected chi connectivity index (χ1v) is 18.3. The minimum absolute atomic E-state index is 0.0352. The molecule has 3 heterocycles. The van der Waals surface area contributed by atoms with Crippen molar-refractivity contribution in [3.8, 4) is 0 Å². The molecular weight excluding hydrogens is 656 g/mol. The van der Waals surface area contributed by atoms with Crippen LogP contribution >= 0.6 is 0 Å². The molecule has 0 aromatic carbocycles. The zero-order chi connectivity index (χ0) is 35.8. The van der Waals surface area contributed by atoms with Crippen molar-refractivity contribution in [3.63, 3.8) is 0 Å². The van der Waals surface area contributed by atoms with E-state index < -0.39 is 90.1 Å². The van der Waals surface area contributed by atoms with Gasteiger partial charge in [0.05, 0.1) is 41.5 Å². The largest absolute Gasteiger partial charge is 0.458 e. The molecule has 4 saturated carbocycles. The van der Waals surface area contributed by atoms with Crippen LogP contribution in [-0.4, -0.2) is 136 Å². The van der Waals surface area contributed by atoms with Crippen molar-refractivity contribution >= 4 is 12.3 Å². The minimum Gasteiger partial charge on any atom is -0.458 e. The quantitative estimate of drug-likeness (QED) is 0.113. The monoisotopic (exact) mass is 710 g/mol. The van der Waals surface area contributed by atoms with Crippen LogP contribution in [0.5, 0.6) is 0 Å². The third kappa shape index (κ3) is 5.55. The second-order valence-corrected chi connectivity index (χ2v) is 16.3. The highest BCUT2D eigenvalue weighted by Gasteiger charge is 2.71. The molecule has 7 rings (SSSR count). The van der Waals surface area contributed by atoms with E-state index >= 15 is 0 Å². The molecule has 7 aliphatic rings. The fourth-order valence-corrected chi connectivity index (χ4v) is 11.5. The average Bonchev–Trinajstić information content (AvgIpc) is 3.64. The van der Waals surface area contributed by atoms with Crippen molar-refractivity contribution in [3.05, 3.63) is 11.6 Å². The van der Waals surface area contributed by atoms with E-state index in [0.29, 0.717) is 44.9 Å². The van der Waals surface area contributed by atoms with Gasteiger partial charge in [0.1, 0.15) is 43.4 Å². The van der Waals surface area contributed by atoms with Crippen molar-refractivity contribution in [1.29, 1.82) is 0 Å². The van der Waals surface area contributed by atoms with Crippen LogP contribution in [0.25, 0.3) is 0 Å². The van der Waals surface area contributed by atoms with E-state index in [0.717, 1.165) is 18.3 Å². The Labute approximate surface area is 292 Å². The van der Waals surface area contributed by atoms with Gasteiger partial charge in [-0.05, 0) is 81.6 Å². The minimum atomic E-state index is -1.58. The molecule has 0 aromatic heterocycles. The zero-order valence-corrected chi connectivity index (χ0v) is 29.1. The lowest BCUT2D eigenvalue weighted by Crippen LogP contribution is -2.69. The smallest absolute Gasteiger partial charge is 0.331 e. The van der Waals surface area contributed by atoms with Gasteiger partial charge in [0.2, 0.25) is 0 Å². The predicted molar refractivity (Wildman–Crippen MR) is 171 cm³/mol. The third-order valence-corrected chi connectivity index (χ3v) is 14.2. The molecule has 0 radical (unpaired) electrons. The summed E-state index contributed by atoms with van der Waals surface area (Å²) >= 11 is 0. The van der Waals surface area contributed by atoms with Crippen LogP contribution < -0.4 is 0 Å². The number of aliphatic hydroxyl groups is 6. The Balaban J connectivity index is 1.01. The van der Waals surface area contributed by atoms with Crippen molar-refractivity contribution in [2.75, 3.05) is 20.3 Å². The molecule has 14 heteroatoms. The van der Waals surface area contributed by atoms with E-state index in [9.17, 15) is 40.2 Å². The number of carbonyl (C=O) groups excluding carboxylic acids is 2. The number of aliphatic hydroxyl groups excluding tert-OH is 4. The lowest BCUT2D eigenvalue weighted by atomic mass is 9.41. The molecule has 0 aromatic rings. The summed E-state index contributed by atoms with van der Waals surface area (Å²) in [6.07, 6.45) is -2.52. The Morgan fingerprint density at radius 2 is 1.72 bits per heavy atom. The molecule has 0 amide bonds. The Bertz CT molecular complexity index is 1330. The number of esters is 1. The highest BCUT2D eigenvalue weighted by atomic mass is 16.7. The van der Waals surface area contributed by atoms with E-state index in [2.05, 4.69) is 6.92 Å². The first-order valence-electron chi connectivity index (χ1n) is 18.3. The van der Waals surface area contributed by atoms with Gasteiger partial charge in [-0.2, -0.15) is 0 Å². The normalized spacial score (nSPS) is 53.5. The SMILES string of the molecule is CO[C@@H]1C[C@H](O[C@H]2CC[C@]3(C=O)C4CC[C@]5(C)[C@@H](C6=CC(=O)OC6)CC[C@]5(O)C4CC[C@]3(O)C2)O[C@H](C)[C@H]1O[C@@H]1O[C@H](CO)[C@@H](O)[C@H](O)[C@H]1O. The summed E-state index contributed by atoms with van der Waals surface area (Å²) in [5.74, 6) is -0.635. The van der Waals surface area contributed by atoms with Crippen LogP contribution in [0, 0.1) is 28.6 Å². The fourth-order valence-electron chi connectivity index (χ4n) is 11.5. The zero-order valence-electron chi connectivity index (χ0n) is 29.1. The molecule has 0 bridgehead atoms. The standard InChI is InChI=1S/C36H54O14/c1-18-31(50-32-30(42)29(41)28(40)25(15-37)49-32)24(45-3)13-27(47-18)48-20-4-9-34(17-38)22-5-8-33(2)21(19-12-26(39)46-16-19)7-11-36(33,44)23(22)6-10-35(34,43)14-20/h12,17-18,20-25,27-32,37,40-44H,4-11,13-16H2,1-3H3/t18-,20+,21-,22?,23?,24-,25-,27+,28-,29+,30-,31-,32+,33-,34+,35+,36+/m1/s1. The molecule has 282 valence electrons. The summed E-state index contributed by atoms with van der Waals surface area (Å²) in [5.41, 5.74) is -2.86. The fraction of sp³-hybridized carbons (Fsp3) is 0.889. The maximum atomic E-state index is 13.2. The Morgan fingerprint density at radius 1 is 0.960 bits per heavy atom. The van der Waals surface area contributed by atoms with Crippen LogP contribution in [0.4, 0.5) is 0 Å². The molecule has 4 aliphatic carbocycles. The van der Waals surface area contributed by atoms with Crippen molar-refractivity contribution in [1.82, 2.24) is 0 Å². The van der Waals surface area contributed by atoms with Gasteiger partial charge in [0, 0.05) is 31.4 Å². The van der Waals surface area contributed by atoms with Crippen LogP contribution in [0.2, 0.25) is 0 Å². The number of carbonyl (C=O) groups is 2. The van der Waals surface area contributed by atoms with Crippen LogP contribution in [0.3, 0.4) is 0 Å². The molecule has 2 saturated heterocycles. The van der Waals surface area contributed by atoms with E-state index in [4.69, 9.17) is 28.4 Å². The van der Waals surface area contributed by atoms with Gasteiger partial charge >= 0.3 is 5.97 Å². The third-order valence-electron chi connectivity index (χ3n) is 14.2. The summed E-state index contributed by atoms with van der Waals surface area (Å²) in [7, 11) is 1.51. The number of methoxy groups -OCH3 is 1. The van der Waals surface area contributed by atoms with E-state index in [1.165, 1.54) is 7.11 Å². The maximum absolute atomic E-state index is 13.2. The molecule has 6 N–H and O–H groups in total. The first kappa shape index (κ1) is 36.8. The number of hydrogen-bond donors (Lipinski definition) is 6. The predicted octanol–water partition coefficient (Wildman–Crippen LogP) is 0.258. The van der Waals surface area contributed by atoms with Gasteiger partial charge in [0.25, 0.3) is 0 Å². The van der Waals surface area contributed by atoms with Gasteiger partial charge in [-0.15, -0.1) is 0 Å². The van der Waals surface area contributed by atoms with Crippen LogP contribution in [0.1, 0.15) is 78.1 Å². The Hall–Kier alpha value is -1.56. The van der Waals surface area contributed by atoms with Crippen molar-refractivity contribution in [2.45, 2.75) is 151 Å². The lowest BCUT2D eigenvalue weighted by Gasteiger charge is -2.65. The summed E-state index contributed by atoms with van der Waals surface area (Å²) in [5, 5.41) is 65.3. The summed E-state index contributed by atoms with van der Waals surface area (Å²) in [4.78, 5) is 25.1. The molecule has 3 aliphatic heterocycles. The topological polar surface area (TPSA) is 211 Å². The van der Waals surface area contributed by atoms with Gasteiger partial charge in [0.15, 0.2) is 12.6 Å². The summed E-state index contributed by atoms with van der Waals surface area (Å²) in [6, 6.07) is 0. The molecule has 17 atom stereocenters. The van der Waals surface area contributed by atoms with Gasteiger partial charge in [-0.3, -0.25) is 0 Å². The number of fused-ring (bicyclic) bond motifs is 5. The molecular formula is C36H54O14. The van der Waals surface area contributed by atoms with Crippen molar-refractivity contribution < 1.29 is 68.6 Å². The molecule has 6 fully saturated rings.